The summed E-state index contributed by atoms with van der Waals surface area (Å²) < 4.78 is 12.0. The SMILES string of the molecule is CCCCc1ccc2oc3ccccc3c2c1N1c2cc(-n3c4ccccc4c4ccccc43)ccc2B2c3ccc(-n4c5ccccc5c5ccccc54)cc3N(c3c(-c4ccccc4)cc(C(C)(C)C)cc3-c3ccccc3)c3cc(-c4ccccc4)cc1c32. The molecule has 0 saturated carbocycles. The highest BCUT2D eigenvalue weighted by Gasteiger charge is 2.46. The fourth-order valence-electron chi connectivity index (χ4n) is 15.6. The van der Waals surface area contributed by atoms with Gasteiger partial charge in [-0.05, 0) is 153 Å². The quantitative estimate of drug-likeness (QED) is 0.128. The zero-order valence-corrected chi connectivity index (χ0v) is 52.0. The van der Waals surface area contributed by atoms with Crippen molar-refractivity contribution in [2.75, 3.05) is 9.80 Å². The first-order valence-corrected chi connectivity index (χ1v) is 32.6. The maximum atomic E-state index is 6.99. The van der Waals surface area contributed by atoms with Gasteiger partial charge in [0.25, 0.3) is 6.71 Å². The number of para-hydroxylation sites is 5. The average Bonchev–Trinajstić information content (AvgIpc) is 0.758. The van der Waals surface area contributed by atoms with E-state index in [2.05, 4.69) is 332 Å². The molecule has 0 atom stereocenters. The van der Waals surface area contributed by atoms with Gasteiger partial charge in [0.05, 0.1) is 38.8 Å². The molecule has 0 unspecified atom stereocenters. The summed E-state index contributed by atoms with van der Waals surface area (Å²) in [4.78, 5) is 5.39. The number of unbranched alkanes of at least 4 members (excludes halogenated alkanes) is 1. The van der Waals surface area contributed by atoms with Crippen LogP contribution in [0.3, 0.4) is 0 Å². The molecule has 5 nitrogen and oxygen atoms in total. The van der Waals surface area contributed by atoms with Gasteiger partial charge in [0.1, 0.15) is 11.2 Å². The highest BCUT2D eigenvalue weighted by atomic mass is 16.3. The molecule has 16 aromatic rings. The molecular weight excluding hydrogens is 1120 g/mol. The Morgan fingerprint density at radius 2 is 0.804 bits per heavy atom. The zero-order chi connectivity index (χ0) is 61.3. The Hall–Kier alpha value is -11.1. The van der Waals surface area contributed by atoms with E-state index in [0.29, 0.717) is 0 Å². The van der Waals surface area contributed by atoms with Crippen molar-refractivity contribution in [2.24, 2.45) is 0 Å². The molecule has 18 rings (SSSR count). The van der Waals surface area contributed by atoms with E-state index in [-0.39, 0.29) is 12.1 Å². The van der Waals surface area contributed by atoms with E-state index in [4.69, 9.17) is 4.42 Å². The summed E-state index contributed by atoms with van der Waals surface area (Å²) in [5.74, 6) is 0. The topological polar surface area (TPSA) is 29.5 Å². The predicted molar refractivity (Wildman–Crippen MR) is 390 cm³/mol. The maximum Gasteiger partial charge on any atom is 0.252 e. The molecular formula is C86H65BN4O. The van der Waals surface area contributed by atoms with Gasteiger partial charge in [-0.25, -0.2) is 0 Å². The first kappa shape index (κ1) is 53.9. The van der Waals surface area contributed by atoms with Gasteiger partial charge in [-0.2, -0.15) is 0 Å². The Labute approximate surface area is 536 Å². The minimum Gasteiger partial charge on any atom is -0.456 e. The number of benzene rings is 13. The summed E-state index contributed by atoms with van der Waals surface area (Å²) in [6.07, 6.45) is 2.99. The molecule has 0 fully saturated rings. The molecule has 13 aromatic carbocycles. The van der Waals surface area contributed by atoms with Crippen molar-refractivity contribution in [3.05, 3.63) is 296 Å². The number of fused-ring (bicyclic) bond motifs is 13. The van der Waals surface area contributed by atoms with Crippen LogP contribution >= 0.6 is 0 Å². The highest BCUT2D eigenvalue weighted by molar-refractivity contribution is 7.00. The molecule has 5 heterocycles. The minimum atomic E-state index is -0.213. The van der Waals surface area contributed by atoms with Crippen LogP contribution < -0.4 is 26.2 Å². The molecule has 92 heavy (non-hydrogen) atoms. The molecule has 6 heteroatoms. The van der Waals surface area contributed by atoms with E-state index < -0.39 is 0 Å². The number of anilines is 6. The Morgan fingerprint density at radius 3 is 1.28 bits per heavy atom. The van der Waals surface area contributed by atoms with Crippen LogP contribution in [0.2, 0.25) is 0 Å². The number of furan rings is 1. The van der Waals surface area contributed by atoms with Gasteiger partial charge in [0.15, 0.2) is 0 Å². The summed E-state index contributed by atoms with van der Waals surface area (Å²) in [7, 11) is 0. The Balaban J connectivity index is 1.03. The highest BCUT2D eigenvalue weighted by Crippen LogP contribution is 2.55. The molecule has 2 aliphatic rings. The number of aromatic nitrogens is 2. The molecule has 3 aromatic heterocycles. The van der Waals surface area contributed by atoms with Crippen LogP contribution in [0.15, 0.2) is 290 Å². The molecule has 0 N–H and O–H groups in total. The lowest BCUT2D eigenvalue weighted by atomic mass is 9.33. The lowest BCUT2D eigenvalue weighted by Crippen LogP contribution is -2.61. The maximum absolute atomic E-state index is 6.99. The number of nitrogens with zero attached hydrogens (tertiary/aromatic N) is 4. The Morgan fingerprint density at radius 1 is 0.370 bits per heavy atom. The molecule has 438 valence electrons. The standard InChI is InChI=1S/C86H65BN4O/c1-5-6-26-58-43-48-81-82(67-37-20-25-42-80(67)92-81)84(58)90-76-53-61(88-72-38-21-16-33-63(72)64-34-17-22-39-73(64)88)44-46-70(76)87-71-47-45-62(89-74-40-23-18-35-65(74)66-36-19-24-41-75(66)89)54-77(71)91(79-50-59(49-78(90)83(79)87)55-27-10-7-11-28-55)85-68(56-29-12-8-13-30-56)51-60(86(2,3)4)52-69(85)57-31-14-9-15-32-57/h7-25,27-54H,5-6,26H2,1-4H3. The van der Waals surface area contributed by atoms with Gasteiger partial charge in [0.2, 0.25) is 0 Å². The first-order chi connectivity index (χ1) is 45.3. The van der Waals surface area contributed by atoms with Crippen LogP contribution in [0.25, 0.3) is 110 Å². The van der Waals surface area contributed by atoms with Crippen LogP contribution in [0, 0.1) is 0 Å². The van der Waals surface area contributed by atoms with Gasteiger partial charge in [-0.15, -0.1) is 0 Å². The molecule has 0 spiro atoms. The van der Waals surface area contributed by atoms with Crippen LogP contribution in [0.5, 0.6) is 0 Å². The van der Waals surface area contributed by atoms with Gasteiger partial charge in [-0.1, -0.05) is 234 Å². The van der Waals surface area contributed by atoms with Crippen LogP contribution in [-0.4, -0.2) is 15.8 Å². The number of hydrogen-bond donors (Lipinski definition) is 0. The van der Waals surface area contributed by atoms with E-state index in [1.54, 1.807) is 0 Å². The summed E-state index contributed by atoms with van der Waals surface area (Å²) >= 11 is 0. The van der Waals surface area contributed by atoms with Crippen molar-refractivity contribution in [3.8, 4) is 44.8 Å². The third kappa shape index (κ3) is 8.26. The normalized spacial score (nSPS) is 12.8. The van der Waals surface area contributed by atoms with Gasteiger partial charge in [0, 0.05) is 72.2 Å². The summed E-state index contributed by atoms with van der Waals surface area (Å²) in [5.41, 5.74) is 28.5. The van der Waals surface area contributed by atoms with Crippen LogP contribution in [0.1, 0.15) is 51.7 Å². The monoisotopic (exact) mass is 1180 g/mol. The van der Waals surface area contributed by atoms with E-state index in [0.717, 1.165) is 109 Å². The lowest BCUT2D eigenvalue weighted by molar-refractivity contribution is 0.591. The van der Waals surface area contributed by atoms with Crippen molar-refractivity contribution >= 4 is 123 Å². The Bertz CT molecular complexity index is 5470. The summed E-state index contributed by atoms with van der Waals surface area (Å²) in [6, 6.07) is 107. The molecule has 0 aliphatic carbocycles. The number of hydrogen-bond acceptors (Lipinski definition) is 3. The van der Waals surface area contributed by atoms with Crippen molar-refractivity contribution < 1.29 is 4.42 Å². The fraction of sp³-hybridized carbons (Fsp3) is 0.0930. The van der Waals surface area contributed by atoms with Gasteiger partial charge >= 0.3 is 0 Å². The van der Waals surface area contributed by atoms with E-state index >= 15 is 0 Å². The lowest BCUT2D eigenvalue weighted by Gasteiger charge is -2.46. The minimum absolute atomic E-state index is 0.178. The number of rotatable bonds is 10. The van der Waals surface area contributed by atoms with E-state index in [9.17, 15) is 0 Å². The molecule has 0 bridgehead atoms. The molecule has 0 saturated heterocycles. The second kappa shape index (κ2) is 21.0. The fourth-order valence-corrected chi connectivity index (χ4v) is 15.6. The molecule has 0 amide bonds. The van der Waals surface area contributed by atoms with Crippen LogP contribution in [-0.2, 0) is 11.8 Å². The largest absolute Gasteiger partial charge is 0.456 e. The predicted octanol–water partition coefficient (Wildman–Crippen LogP) is 21.5. The Kier molecular flexibility index (Phi) is 12.3. The third-order valence-electron chi connectivity index (χ3n) is 19.8. The summed E-state index contributed by atoms with van der Waals surface area (Å²) in [6.45, 7) is 9.14. The van der Waals surface area contributed by atoms with Crippen molar-refractivity contribution in [2.45, 2.75) is 52.4 Å². The van der Waals surface area contributed by atoms with Crippen molar-refractivity contribution in [1.29, 1.82) is 0 Å². The van der Waals surface area contributed by atoms with Crippen molar-refractivity contribution in [1.82, 2.24) is 9.13 Å². The molecule has 0 radical (unpaired) electrons. The van der Waals surface area contributed by atoms with Crippen molar-refractivity contribution in [3.63, 3.8) is 0 Å². The first-order valence-electron chi connectivity index (χ1n) is 32.6. The second-order valence-corrected chi connectivity index (χ2v) is 26.2. The zero-order valence-electron chi connectivity index (χ0n) is 52.0. The second-order valence-electron chi connectivity index (χ2n) is 26.2. The van der Waals surface area contributed by atoms with Gasteiger partial charge in [-0.3, -0.25) is 0 Å². The third-order valence-corrected chi connectivity index (χ3v) is 19.8. The smallest absolute Gasteiger partial charge is 0.252 e. The van der Waals surface area contributed by atoms with E-state index in [1.165, 1.54) is 82.3 Å². The van der Waals surface area contributed by atoms with Crippen LogP contribution in [0.4, 0.5) is 34.1 Å². The number of aryl methyl sites for hydroxylation is 1. The van der Waals surface area contributed by atoms with Gasteiger partial charge < -0.3 is 23.4 Å². The molecule has 2 aliphatic heterocycles. The summed E-state index contributed by atoms with van der Waals surface area (Å²) in [5, 5.41) is 7.16. The van der Waals surface area contributed by atoms with E-state index in [1.807, 2.05) is 0 Å². The average molecular weight is 1180 g/mol.